The molecule has 2 aliphatic heterocycles. The Morgan fingerprint density at radius 3 is 2.36 bits per heavy atom. The van der Waals surface area contributed by atoms with Crippen LogP contribution in [0.3, 0.4) is 0 Å². The van der Waals surface area contributed by atoms with Crippen molar-refractivity contribution >= 4 is 6.41 Å². The zero-order valence-electron chi connectivity index (χ0n) is 9.08. The van der Waals surface area contributed by atoms with Gasteiger partial charge >= 0.3 is 0 Å². The fraction of sp³-hybridized carbons (Fsp3) is 0.909. The molecular formula is C11H19NO2. The summed E-state index contributed by atoms with van der Waals surface area (Å²) in [6.45, 7) is 5.76. The van der Waals surface area contributed by atoms with E-state index in [1.54, 1.807) is 0 Å². The Morgan fingerprint density at radius 2 is 2.00 bits per heavy atom. The van der Waals surface area contributed by atoms with Crippen molar-refractivity contribution in [1.29, 1.82) is 0 Å². The molecule has 0 saturated carbocycles. The zero-order valence-corrected chi connectivity index (χ0v) is 9.08. The second-order valence-corrected chi connectivity index (χ2v) is 4.90. The van der Waals surface area contributed by atoms with Gasteiger partial charge < -0.3 is 9.64 Å². The van der Waals surface area contributed by atoms with Crippen LogP contribution in [0.15, 0.2) is 0 Å². The van der Waals surface area contributed by atoms with Crippen LogP contribution in [0.5, 0.6) is 0 Å². The van der Waals surface area contributed by atoms with Crippen molar-refractivity contribution in [3.63, 3.8) is 0 Å². The fourth-order valence-corrected chi connectivity index (χ4v) is 2.75. The average Bonchev–Trinajstić information content (AvgIpc) is 2.68. The molecule has 2 aliphatic rings. The summed E-state index contributed by atoms with van der Waals surface area (Å²) in [6, 6.07) is 0. The van der Waals surface area contributed by atoms with Crippen molar-refractivity contribution in [1.82, 2.24) is 4.90 Å². The van der Waals surface area contributed by atoms with Gasteiger partial charge in [-0.1, -0.05) is 0 Å². The first-order valence-electron chi connectivity index (χ1n) is 5.51. The summed E-state index contributed by atoms with van der Waals surface area (Å²) in [6.07, 6.45) is 5.49. The van der Waals surface area contributed by atoms with E-state index < -0.39 is 0 Å². The topological polar surface area (TPSA) is 29.5 Å². The summed E-state index contributed by atoms with van der Waals surface area (Å²) in [5, 5.41) is 0. The molecule has 0 unspecified atom stereocenters. The minimum atomic E-state index is -0.00826. The molecule has 0 aromatic carbocycles. The molecule has 0 N–H and O–H groups in total. The molecule has 0 spiro atoms. The maximum atomic E-state index is 10.7. The molecule has 0 aliphatic carbocycles. The van der Waals surface area contributed by atoms with Gasteiger partial charge in [-0.2, -0.15) is 0 Å². The normalized spacial score (nSPS) is 40.1. The molecule has 0 aromatic heterocycles. The van der Waals surface area contributed by atoms with E-state index in [-0.39, 0.29) is 11.2 Å². The second kappa shape index (κ2) is 3.23. The lowest BCUT2D eigenvalue weighted by atomic mass is 9.83. The van der Waals surface area contributed by atoms with Gasteiger partial charge in [0.2, 0.25) is 6.41 Å². The lowest BCUT2D eigenvalue weighted by Gasteiger charge is -2.29. The Labute approximate surface area is 85.4 Å². The molecule has 3 heteroatoms. The largest absolute Gasteiger partial charge is 0.367 e. The smallest absolute Gasteiger partial charge is 0.209 e. The molecule has 2 bridgehead atoms. The summed E-state index contributed by atoms with van der Waals surface area (Å²) in [4.78, 5) is 12.6. The predicted octanol–water partition coefficient (Wildman–Crippen LogP) is 1.57. The first kappa shape index (κ1) is 9.97. The van der Waals surface area contributed by atoms with E-state index in [1.807, 2.05) is 11.8 Å². The van der Waals surface area contributed by atoms with E-state index in [0.29, 0.717) is 0 Å². The number of hydrogen-bond acceptors (Lipinski definition) is 2. The summed E-state index contributed by atoms with van der Waals surface area (Å²) in [5.41, 5.74) is 0.105. The molecule has 0 radical (unpaired) electrons. The summed E-state index contributed by atoms with van der Waals surface area (Å²) in [7, 11) is 0. The third kappa shape index (κ3) is 1.54. The molecule has 0 aromatic rings. The van der Waals surface area contributed by atoms with E-state index in [0.717, 1.165) is 45.2 Å². The van der Waals surface area contributed by atoms with E-state index >= 15 is 0 Å². The van der Waals surface area contributed by atoms with Gasteiger partial charge in [-0.25, -0.2) is 0 Å². The molecule has 2 fully saturated rings. The summed E-state index contributed by atoms with van der Waals surface area (Å²) < 4.78 is 6.08. The lowest BCUT2D eigenvalue weighted by Crippen LogP contribution is -2.40. The molecule has 80 valence electrons. The van der Waals surface area contributed by atoms with Gasteiger partial charge in [-0.3, -0.25) is 4.79 Å². The molecule has 3 nitrogen and oxygen atoms in total. The number of fused-ring (bicyclic) bond motifs is 2. The van der Waals surface area contributed by atoms with Gasteiger partial charge in [0.1, 0.15) is 0 Å². The van der Waals surface area contributed by atoms with Gasteiger partial charge in [0.25, 0.3) is 0 Å². The maximum Gasteiger partial charge on any atom is 0.209 e. The van der Waals surface area contributed by atoms with Gasteiger partial charge in [-0.15, -0.1) is 0 Å². The highest BCUT2D eigenvalue weighted by Gasteiger charge is 2.53. The monoisotopic (exact) mass is 197 g/mol. The second-order valence-electron chi connectivity index (χ2n) is 4.90. The van der Waals surface area contributed by atoms with Gasteiger partial charge in [0.15, 0.2) is 0 Å². The number of hydrogen-bond donors (Lipinski definition) is 0. The quantitative estimate of drug-likeness (QED) is 0.640. The van der Waals surface area contributed by atoms with Crippen LogP contribution in [0.2, 0.25) is 0 Å². The van der Waals surface area contributed by atoms with E-state index in [4.69, 9.17) is 4.74 Å². The Bertz CT molecular complexity index is 231. The molecule has 14 heavy (non-hydrogen) atoms. The Balaban J connectivity index is 2.01. The van der Waals surface area contributed by atoms with Crippen LogP contribution in [0, 0.1) is 0 Å². The van der Waals surface area contributed by atoms with Crippen LogP contribution in [-0.4, -0.2) is 35.6 Å². The van der Waals surface area contributed by atoms with Crippen molar-refractivity contribution in [3.8, 4) is 0 Å². The van der Waals surface area contributed by atoms with Crippen LogP contribution in [0.25, 0.3) is 0 Å². The van der Waals surface area contributed by atoms with E-state index in [9.17, 15) is 4.79 Å². The van der Waals surface area contributed by atoms with Crippen molar-refractivity contribution in [2.75, 3.05) is 13.1 Å². The third-order valence-electron chi connectivity index (χ3n) is 3.73. The molecule has 2 rings (SSSR count). The third-order valence-corrected chi connectivity index (χ3v) is 3.73. The van der Waals surface area contributed by atoms with Crippen molar-refractivity contribution in [2.24, 2.45) is 0 Å². The Kier molecular flexibility index (Phi) is 2.30. The van der Waals surface area contributed by atoms with Gasteiger partial charge in [0.05, 0.1) is 11.2 Å². The first-order valence-corrected chi connectivity index (χ1v) is 5.51. The van der Waals surface area contributed by atoms with Crippen LogP contribution < -0.4 is 0 Å². The number of carbonyl (C=O) groups excluding carboxylic acids is 1. The number of carbonyl (C=O) groups is 1. The van der Waals surface area contributed by atoms with E-state index in [2.05, 4.69) is 6.92 Å². The molecule has 2 saturated heterocycles. The lowest BCUT2D eigenvalue weighted by molar-refractivity contribution is -0.122. The maximum absolute atomic E-state index is 10.7. The molecule has 1 amide bonds. The van der Waals surface area contributed by atoms with Gasteiger partial charge in [-0.05, 0) is 39.5 Å². The number of amides is 1. The van der Waals surface area contributed by atoms with Crippen LogP contribution in [-0.2, 0) is 9.53 Å². The number of ether oxygens (including phenoxy) is 1. The SMILES string of the molecule is CCN(C=O)CC12CCC(C)(CC1)O2. The summed E-state index contributed by atoms with van der Waals surface area (Å²) >= 11 is 0. The van der Waals surface area contributed by atoms with Crippen molar-refractivity contribution in [2.45, 2.75) is 50.7 Å². The van der Waals surface area contributed by atoms with E-state index in [1.165, 1.54) is 0 Å². The number of rotatable bonds is 4. The molecule has 2 heterocycles. The minimum Gasteiger partial charge on any atom is -0.367 e. The minimum absolute atomic E-state index is 0.00826. The highest BCUT2D eigenvalue weighted by molar-refractivity contribution is 5.47. The first-order chi connectivity index (χ1) is 6.61. The zero-order chi connectivity index (χ0) is 10.2. The molecular weight excluding hydrogens is 178 g/mol. The number of likely N-dealkylation sites (N-methyl/N-ethyl adjacent to an activating group) is 1. The standard InChI is InChI=1S/C11H19NO2/c1-3-12(9-13)8-11-6-4-10(2,14-11)5-7-11/h9H,3-8H2,1-2H3. The Hall–Kier alpha value is -0.570. The van der Waals surface area contributed by atoms with Crippen LogP contribution >= 0.6 is 0 Å². The number of nitrogens with zero attached hydrogens (tertiary/aromatic N) is 1. The fourth-order valence-electron chi connectivity index (χ4n) is 2.75. The van der Waals surface area contributed by atoms with Crippen LogP contribution in [0.4, 0.5) is 0 Å². The van der Waals surface area contributed by atoms with Crippen molar-refractivity contribution in [3.05, 3.63) is 0 Å². The van der Waals surface area contributed by atoms with Crippen molar-refractivity contribution < 1.29 is 9.53 Å². The van der Waals surface area contributed by atoms with Crippen LogP contribution in [0.1, 0.15) is 39.5 Å². The highest BCUT2D eigenvalue weighted by atomic mass is 16.5. The van der Waals surface area contributed by atoms with Gasteiger partial charge in [0, 0.05) is 13.1 Å². The highest BCUT2D eigenvalue weighted by Crippen LogP contribution is 2.50. The molecule has 0 atom stereocenters. The summed E-state index contributed by atoms with van der Waals surface area (Å²) in [5.74, 6) is 0. The average molecular weight is 197 g/mol. The Morgan fingerprint density at radius 1 is 1.36 bits per heavy atom. The predicted molar refractivity (Wildman–Crippen MR) is 54.0 cm³/mol.